The van der Waals surface area contributed by atoms with Gasteiger partial charge < -0.3 is 15.0 Å². The Labute approximate surface area is 245 Å². The second kappa shape index (κ2) is 11.3. The van der Waals surface area contributed by atoms with Crippen LogP contribution in [-0.4, -0.2) is 92.5 Å². The highest BCUT2D eigenvalue weighted by Gasteiger charge is 2.38. The molecule has 3 aromatic rings. The topological polar surface area (TPSA) is 116 Å². The number of hydrogen-bond acceptors (Lipinski definition) is 8. The van der Waals surface area contributed by atoms with E-state index in [1.807, 2.05) is 6.07 Å². The van der Waals surface area contributed by atoms with Crippen molar-refractivity contribution in [3.63, 3.8) is 0 Å². The van der Waals surface area contributed by atoms with Crippen molar-refractivity contribution in [2.24, 2.45) is 0 Å². The second-order valence-corrected chi connectivity index (χ2v) is 13.4. The molecule has 228 valence electrons. The number of rotatable bonds is 7. The van der Waals surface area contributed by atoms with Gasteiger partial charge in [0.15, 0.2) is 0 Å². The van der Waals surface area contributed by atoms with E-state index in [2.05, 4.69) is 25.2 Å². The van der Waals surface area contributed by atoms with Crippen molar-refractivity contribution in [1.29, 1.82) is 0 Å². The monoisotopic (exact) mass is 631 g/mol. The first kappa shape index (κ1) is 30.6. The van der Waals surface area contributed by atoms with E-state index in [4.69, 9.17) is 11.6 Å². The average Bonchev–Trinajstić information content (AvgIpc) is 3.50. The number of aliphatic hydroxyl groups is 1. The van der Waals surface area contributed by atoms with Gasteiger partial charge in [0.05, 0.1) is 28.6 Å². The highest BCUT2D eigenvalue weighted by Crippen LogP contribution is 2.36. The molecule has 16 heteroatoms. The summed E-state index contributed by atoms with van der Waals surface area (Å²) >= 11 is 6.54. The maximum absolute atomic E-state index is 14.8. The molecule has 10 nitrogen and oxygen atoms in total. The number of imidazole rings is 1. The summed E-state index contributed by atoms with van der Waals surface area (Å²) in [6.45, 7) is 3.34. The molecule has 2 fully saturated rings. The predicted molar refractivity (Wildman–Crippen MR) is 148 cm³/mol. The minimum atomic E-state index is -4.79. The van der Waals surface area contributed by atoms with E-state index >= 15 is 0 Å². The van der Waals surface area contributed by atoms with Gasteiger partial charge in [-0.15, -0.1) is 0 Å². The number of nitrogens with one attached hydrogen (secondary N) is 1. The summed E-state index contributed by atoms with van der Waals surface area (Å²) in [5.74, 6) is -0.240. The summed E-state index contributed by atoms with van der Waals surface area (Å²) in [5.41, 5.74) is -1.04. The van der Waals surface area contributed by atoms with Gasteiger partial charge in [-0.05, 0) is 37.5 Å². The smallest absolute Gasteiger partial charge is 0.389 e. The SMILES string of the molecule is CC1(O)CCN(Cc2ccc(-n3cnc(-c4nc(N[C@H]5CCN(S(C)(=O)=O)C[C@H]5F)ncc4C(F)(F)F)c3)c(Cl)c2)C1. The molecule has 0 saturated carbocycles. The molecule has 4 heterocycles. The van der Waals surface area contributed by atoms with Crippen molar-refractivity contribution in [2.75, 3.05) is 37.8 Å². The first-order chi connectivity index (χ1) is 19.6. The van der Waals surface area contributed by atoms with Crippen LogP contribution in [0.2, 0.25) is 5.02 Å². The minimum absolute atomic E-state index is 0.0488. The maximum Gasteiger partial charge on any atom is 0.420 e. The van der Waals surface area contributed by atoms with Gasteiger partial charge in [-0.2, -0.15) is 17.5 Å². The lowest BCUT2D eigenvalue weighted by atomic mass is 10.1. The van der Waals surface area contributed by atoms with Gasteiger partial charge >= 0.3 is 6.18 Å². The van der Waals surface area contributed by atoms with Gasteiger partial charge in [0.25, 0.3) is 0 Å². The first-order valence-corrected chi connectivity index (χ1v) is 15.4. The van der Waals surface area contributed by atoms with Crippen LogP contribution in [0.15, 0.2) is 36.9 Å². The van der Waals surface area contributed by atoms with Gasteiger partial charge in [-0.1, -0.05) is 17.7 Å². The Morgan fingerprint density at radius 3 is 2.62 bits per heavy atom. The third-order valence-electron chi connectivity index (χ3n) is 7.43. The molecule has 2 saturated heterocycles. The van der Waals surface area contributed by atoms with Gasteiger partial charge in [-0.25, -0.2) is 27.8 Å². The summed E-state index contributed by atoms with van der Waals surface area (Å²) in [4.78, 5) is 14.0. The maximum atomic E-state index is 14.8. The number of likely N-dealkylation sites (tertiary alicyclic amines) is 1. The Morgan fingerprint density at radius 1 is 1.24 bits per heavy atom. The number of aromatic nitrogens is 4. The number of piperidine rings is 1. The van der Waals surface area contributed by atoms with E-state index in [0.29, 0.717) is 36.4 Å². The normalized spacial score (nSPS) is 24.3. The Bertz CT molecular complexity index is 1570. The molecule has 0 aliphatic carbocycles. The summed E-state index contributed by atoms with van der Waals surface area (Å²) in [5, 5.41) is 13.3. The van der Waals surface area contributed by atoms with Crippen LogP contribution in [0.5, 0.6) is 0 Å². The Balaban J connectivity index is 1.37. The van der Waals surface area contributed by atoms with Crippen molar-refractivity contribution < 1.29 is 31.1 Å². The zero-order valence-electron chi connectivity index (χ0n) is 22.8. The van der Waals surface area contributed by atoms with Gasteiger partial charge in [0.2, 0.25) is 16.0 Å². The molecule has 3 atom stereocenters. The fourth-order valence-electron chi connectivity index (χ4n) is 5.23. The third-order valence-corrected chi connectivity index (χ3v) is 9.01. The zero-order chi connectivity index (χ0) is 30.4. The molecular formula is C26H30ClF4N7O3S. The highest BCUT2D eigenvalue weighted by atomic mass is 35.5. The summed E-state index contributed by atoms with van der Waals surface area (Å²) in [7, 11) is -3.58. The molecule has 1 aromatic carbocycles. The number of β-amino-alcohol motifs (C(OH)–C–C–N with tert-alkyl or cyclic N) is 1. The molecular weight excluding hydrogens is 602 g/mol. The lowest BCUT2D eigenvalue weighted by Crippen LogP contribution is -2.49. The number of halogens is 5. The van der Waals surface area contributed by atoms with Gasteiger partial charge in [0.1, 0.15) is 29.5 Å². The lowest BCUT2D eigenvalue weighted by molar-refractivity contribution is -0.137. The Hall–Kier alpha value is -2.85. The molecule has 2 aliphatic rings. The van der Waals surface area contributed by atoms with Crippen LogP contribution in [0.3, 0.4) is 0 Å². The molecule has 0 bridgehead atoms. The second-order valence-electron chi connectivity index (χ2n) is 11.0. The van der Waals surface area contributed by atoms with Gasteiger partial charge in [-0.3, -0.25) is 4.90 Å². The van der Waals surface area contributed by atoms with Gasteiger partial charge in [0, 0.05) is 45.1 Å². The van der Waals surface area contributed by atoms with Crippen molar-refractivity contribution in [3.05, 3.63) is 53.1 Å². The molecule has 1 unspecified atom stereocenters. The van der Waals surface area contributed by atoms with E-state index in [1.54, 1.807) is 19.1 Å². The fraction of sp³-hybridized carbons (Fsp3) is 0.500. The summed E-state index contributed by atoms with van der Waals surface area (Å²) in [6.07, 6.45) is -1.38. The lowest BCUT2D eigenvalue weighted by Gasteiger charge is -2.33. The molecule has 2 N–H and O–H groups in total. The zero-order valence-corrected chi connectivity index (χ0v) is 24.4. The molecule has 2 aromatic heterocycles. The quantitative estimate of drug-likeness (QED) is 0.379. The highest BCUT2D eigenvalue weighted by molar-refractivity contribution is 7.88. The minimum Gasteiger partial charge on any atom is -0.389 e. The standard InChI is InChI=1S/C26H30ClF4N7O3S/c1-25(39)6-8-36(14-25)11-16-3-4-22(18(27)9-16)37-13-21(33-15-37)23-17(26(29,30)31)10-32-24(35-23)34-20-5-7-38(12-19(20)28)42(2,40)41/h3-4,9-10,13,15,19-20,39H,5-8,11-12,14H2,1-2H3,(H,32,34,35)/t19-,20+,25?/m1/s1. The Morgan fingerprint density at radius 2 is 2.00 bits per heavy atom. The summed E-state index contributed by atoms with van der Waals surface area (Å²) < 4.78 is 82.4. The van der Waals surface area contributed by atoms with Crippen LogP contribution in [0.1, 0.15) is 30.9 Å². The van der Waals surface area contributed by atoms with E-state index in [1.165, 1.54) is 17.1 Å². The number of anilines is 1. The van der Waals surface area contributed by atoms with Crippen LogP contribution in [-0.2, 0) is 22.7 Å². The van der Waals surface area contributed by atoms with Crippen molar-refractivity contribution in [2.45, 2.75) is 50.3 Å². The van der Waals surface area contributed by atoms with Crippen LogP contribution < -0.4 is 5.32 Å². The van der Waals surface area contributed by atoms with Crippen molar-refractivity contribution in [1.82, 2.24) is 28.7 Å². The molecule has 0 spiro atoms. The van der Waals surface area contributed by atoms with E-state index in [0.717, 1.165) is 22.7 Å². The number of nitrogens with zero attached hydrogens (tertiary/aromatic N) is 6. The number of hydrogen-bond donors (Lipinski definition) is 2. The molecule has 42 heavy (non-hydrogen) atoms. The third kappa shape index (κ3) is 6.86. The number of alkyl halides is 4. The number of benzene rings is 1. The predicted octanol–water partition coefficient (Wildman–Crippen LogP) is 3.74. The fourth-order valence-corrected chi connectivity index (χ4v) is 6.38. The van der Waals surface area contributed by atoms with Crippen LogP contribution in [0, 0.1) is 0 Å². The largest absolute Gasteiger partial charge is 0.420 e. The van der Waals surface area contributed by atoms with Crippen molar-refractivity contribution >= 4 is 27.6 Å². The molecule has 0 radical (unpaired) electrons. The van der Waals surface area contributed by atoms with E-state index < -0.39 is 45.3 Å². The van der Waals surface area contributed by atoms with Crippen LogP contribution in [0.4, 0.5) is 23.5 Å². The van der Waals surface area contributed by atoms with Crippen LogP contribution in [0.25, 0.3) is 17.1 Å². The first-order valence-electron chi connectivity index (χ1n) is 13.2. The van der Waals surface area contributed by atoms with Crippen molar-refractivity contribution in [3.8, 4) is 17.1 Å². The molecule has 2 aliphatic heterocycles. The Kier molecular flexibility index (Phi) is 8.26. The van der Waals surface area contributed by atoms with Crippen LogP contribution >= 0.6 is 11.6 Å². The molecule has 0 amide bonds. The average molecular weight is 632 g/mol. The van der Waals surface area contributed by atoms with E-state index in [9.17, 15) is 31.1 Å². The molecule has 5 rings (SSSR count). The number of sulfonamides is 1. The van der Waals surface area contributed by atoms with E-state index in [-0.39, 0.29) is 31.2 Å². The summed E-state index contributed by atoms with van der Waals surface area (Å²) in [6, 6.07) is 4.46.